The van der Waals surface area contributed by atoms with E-state index in [1.807, 2.05) is 0 Å². The molecule has 1 aromatic rings. The number of hydrogen-bond donors (Lipinski definition) is 2. The lowest BCUT2D eigenvalue weighted by Gasteiger charge is -2.06. The van der Waals surface area contributed by atoms with Crippen molar-refractivity contribution >= 4 is 11.9 Å². The van der Waals surface area contributed by atoms with Crippen LogP contribution in [0.1, 0.15) is 11.1 Å². The molecule has 0 radical (unpaired) electrons. The fraction of sp³-hybridized carbons (Fsp3) is 0.273. The highest BCUT2D eigenvalue weighted by Crippen LogP contribution is 2.29. The molecule has 0 bridgehead atoms. The maximum Gasteiger partial charge on any atom is 0.416 e. The van der Waals surface area contributed by atoms with E-state index in [4.69, 9.17) is 10.9 Å². The molecular weight excluding hydrogens is 247 g/mol. The summed E-state index contributed by atoms with van der Waals surface area (Å²) in [6.07, 6.45) is -3.06. The smallest absolute Gasteiger partial charge is 0.390 e. The first kappa shape index (κ1) is 14.2. The Morgan fingerprint density at radius 3 is 2.33 bits per heavy atom. The maximum atomic E-state index is 12.3. The van der Waals surface area contributed by atoms with Crippen LogP contribution in [0.2, 0.25) is 0 Å². The molecule has 4 nitrogen and oxygen atoms in total. The Morgan fingerprint density at radius 1 is 1.28 bits per heavy atom. The van der Waals surface area contributed by atoms with Gasteiger partial charge in [-0.1, -0.05) is 12.1 Å². The summed E-state index contributed by atoms with van der Waals surface area (Å²) < 4.78 is 36.8. The lowest BCUT2D eigenvalue weighted by atomic mass is 10.1. The van der Waals surface area contributed by atoms with Crippen molar-refractivity contribution in [3.63, 3.8) is 0 Å². The number of aliphatic hydroxyl groups is 1. The van der Waals surface area contributed by atoms with E-state index in [9.17, 15) is 13.2 Å². The van der Waals surface area contributed by atoms with Crippen LogP contribution in [0.15, 0.2) is 34.4 Å². The van der Waals surface area contributed by atoms with Crippen LogP contribution < -0.4 is 5.84 Å². The summed E-state index contributed by atoms with van der Waals surface area (Å²) >= 11 is 0. The van der Waals surface area contributed by atoms with E-state index in [0.717, 1.165) is 12.1 Å². The first-order chi connectivity index (χ1) is 8.47. The minimum Gasteiger partial charge on any atom is -0.390 e. The highest BCUT2D eigenvalue weighted by atomic mass is 19.4. The van der Waals surface area contributed by atoms with Crippen LogP contribution in [-0.4, -0.2) is 23.6 Å². The molecule has 7 heteroatoms. The molecule has 18 heavy (non-hydrogen) atoms. The largest absolute Gasteiger partial charge is 0.416 e. The van der Waals surface area contributed by atoms with Gasteiger partial charge >= 0.3 is 6.18 Å². The molecule has 0 saturated carbocycles. The number of nitrogens with zero attached hydrogens (tertiary/aromatic N) is 2. The van der Waals surface area contributed by atoms with Crippen molar-refractivity contribution in [3.8, 4) is 0 Å². The Morgan fingerprint density at radius 2 is 1.89 bits per heavy atom. The van der Waals surface area contributed by atoms with E-state index in [2.05, 4.69) is 10.1 Å². The van der Waals surface area contributed by atoms with E-state index in [-0.39, 0.29) is 18.9 Å². The van der Waals surface area contributed by atoms with E-state index >= 15 is 0 Å². The lowest BCUT2D eigenvalue weighted by molar-refractivity contribution is -0.137. The Kier molecular flexibility index (Phi) is 4.85. The summed E-state index contributed by atoms with van der Waals surface area (Å²) in [6, 6.07) is 4.68. The molecule has 0 saturated heterocycles. The molecule has 0 aliphatic carbocycles. The molecule has 0 amide bonds. The maximum absolute atomic E-state index is 12.3. The molecular formula is C11H12F3N3O. The Balaban J connectivity index is 2.65. The van der Waals surface area contributed by atoms with Crippen molar-refractivity contribution in [2.24, 2.45) is 15.9 Å². The first-order valence-electron chi connectivity index (χ1n) is 5.01. The van der Waals surface area contributed by atoms with E-state index in [1.54, 1.807) is 0 Å². The summed E-state index contributed by atoms with van der Waals surface area (Å²) in [7, 11) is 0. The molecule has 0 aromatic heterocycles. The van der Waals surface area contributed by atoms with E-state index < -0.39 is 11.7 Å². The molecule has 0 atom stereocenters. The Labute approximate surface area is 102 Å². The van der Waals surface area contributed by atoms with Gasteiger partial charge in [-0.15, -0.1) is 0 Å². The van der Waals surface area contributed by atoms with Crippen LogP contribution in [-0.2, 0) is 12.7 Å². The van der Waals surface area contributed by atoms with Gasteiger partial charge in [0.15, 0.2) is 0 Å². The van der Waals surface area contributed by atoms with Crippen LogP contribution >= 0.6 is 0 Å². The van der Waals surface area contributed by atoms with Crippen molar-refractivity contribution in [2.45, 2.75) is 12.7 Å². The topological polar surface area (TPSA) is 71.0 Å². The number of rotatable bonds is 4. The number of benzene rings is 1. The van der Waals surface area contributed by atoms with E-state index in [0.29, 0.717) is 5.56 Å². The van der Waals surface area contributed by atoms with Crippen LogP contribution in [0.3, 0.4) is 0 Å². The van der Waals surface area contributed by atoms with Crippen molar-refractivity contribution in [2.75, 3.05) is 6.61 Å². The predicted octanol–water partition coefficient (Wildman–Crippen LogP) is 1.58. The second-order valence-electron chi connectivity index (χ2n) is 3.44. The average Bonchev–Trinajstić information content (AvgIpc) is 2.34. The minimum atomic E-state index is -4.34. The van der Waals surface area contributed by atoms with Crippen LogP contribution in [0, 0.1) is 0 Å². The molecule has 1 aromatic carbocycles. The first-order valence-corrected chi connectivity index (χ1v) is 5.01. The summed E-state index contributed by atoms with van der Waals surface area (Å²) in [4.78, 5) is 3.90. The Bertz CT molecular complexity index is 438. The molecule has 0 fully saturated rings. The summed E-state index contributed by atoms with van der Waals surface area (Å²) in [5.41, 5.74) is 0.116. The number of nitrogens with two attached hydrogens (primary N) is 1. The van der Waals surface area contributed by atoms with Gasteiger partial charge in [0.2, 0.25) is 0 Å². The SMILES string of the molecule is NN=C(C=NCc1ccc(C(F)(F)F)cc1)CO. The standard InChI is InChI=1S/C11H12F3N3O/c12-11(13,14)9-3-1-8(2-4-9)5-16-6-10(7-18)17-15/h1-4,6,18H,5,7,15H2. The van der Waals surface area contributed by atoms with Gasteiger partial charge in [-0.2, -0.15) is 18.3 Å². The van der Waals surface area contributed by atoms with Gasteiger partial charge < -0.3 is 10.9 Å². The van der Waals surface area contributed by atoms with Gasteiger partial charge in [0, 0.05) is 6.21 Å². The van der Waals surface area contributed by atoms with Crippen molar-refractivity contribution in [1.82, 2.24) is 0 Å². The third-order valence-electron chi connectivity index (χ3n) is 2.12. The quantitative estimate of drug-likeness (QED) is 0.489. The predicted molar refractivity (Wildman–Crippen MR) is 62.3 cm³/mol. The van der Waals surface area contributed by atoms with Gasteiger partial charge in [0.05, 0.1) is 18.7 Å². The number of aliphatic imine (C=N–C) groups is 1. The molecule has 0 aliphatic rings. The third-order valence-corrected chi connectivity index (χ3v) is 2.12. The third kappa shape index (κ3) is 4.17. The molecule has 0 spiro atoms. The van der Waals surface area contributed by atoms with Gasteiger partial charge in [0.25, 0.3) is 0 Å². The summed E-state index contributed by atoms with van der Waals surface area (Å²) in [6.45, 7) is -0.149. The van der Waals surface area contributed by atoms with Gasteiger partial charge in [-0.3, -0.25) is 4.99 Å². The average molecular weight is 259 g/mol. The Hall–Kier alpha value is -1.89. The van der Waals surface area contributed by atoms with Crippen molar-refractivity contribution in [3.05, 3.63) is 35.4 Å². The molecule has 0 aliphatic heterocycles. The number of hydrogen-bond acceptors (Lipinski definition) is 4. The fourth-order valence-corrected chi connectivity index (χ4v) is 1.17. The fourth-order valence-electron chi connectivity index (χ4n) is 1.17. The van der Waals surface area contributed by atoms with Crippen LogP contribution in [0.25, 0.3) is 0 Å². The van der Waals surface area contributed by atoms with Crippen molar-refractivity contribution < 1.29 is 18.3 Å². The van der Waals surface area contributed by atoms with E-state index in [1.165, 1.54) is 18.3 Å². The summed E-state index contributed by atoms with van der Waals surface area (Å²) in [5.74, 6) is 4.94. The normalized spacial score (nSPS) is 13.2. The molecule has 3 N–H and O–H groups in total. The molecule has 1 rings (SSSR count). The zero-order valence-electron chi connectivity index (χ0n) is 9.35. The lowest BCUT2D eigenvalue weighted by Crippen LogP contribution is -2.09. The monoisotopic (exact) mass is 259 g/mol. The second-order valence-corrected chi connectivity index (χ2v) is 3.44. The number of alkyl halides is 3. The van der Waals surface area contributed by atoms with Crippen LogP contribution in [0.4, 0.5) is 13.2 Å². The summed E-state index contributed by atoms with van der Waals surface area (Å²) in [5, 5.41) is 12.0. The highest BCUT2D eigenvalue weighted by Gasteiger charge is 2.29. The minimum absolute atomic E-state index is 0.192. The van der Waals surface area contributed by atoms with Gasteiger partial charge in [-0.25, -0.2) is 0 Å². The van der Waals surface area contributed by atoms with Gasteiger partial charge in [0.1, 0.15) is 5.71 Å². The van der Waals surface area contributed by atoms with Gasteiger partial charge in [-0.05, 0) is 17.7 Å². The molecule has 98 valence electrons. The highest BCUT2D eigenvalue weighted by molar-refractivity contribution is 6.31. The molecule has 0 heterocycles. The number of aliphatic hydroxyl groups excluding tert-OH is 1. The second kappa shape index (κ2) is 6.15. The zero-order chi connectivity index (χ0) is 13.6. The van der Waals surface area contributed by atoms with Crippen LogP contribution in [0.5, 0.6) is 0 Å². The zero-order valence-corrected chi connectivity index (χ0v) is 9.35. The number of hydrazone groups is 1. The van der Waals surface area contributed by atoms with Crippen molar-refractivity contribution in [1.29, 1.82) is 0 Å². The number of halogens is 3. The molecule has 0 unspecified atom stereocenters.